The Bertz CT molecular complexity index is 396. The minimum absolute atomic E-state index is 0.247. The summed E-state index contributed by atoms with van der Waals surface area (Å²) in [6.45, 7) is 1.29. The molecule has 0 heterocycles. The molecule has 6 heteroatoms. The predicted octanol–water partition coefficient (Wildman–Crippen LogP) is 2.17. The molecular formula is C13H20BrNO4. The van der Waals surface area contributed by atoms with Crippen molar-refractivity contribution in [3.63, 3.8) is 0 Å². The predicted molar refractivity (Wildman–Crippen MR) is 76.8 cm³/mol. The van der Waals surface area contributed by atoms with Crippen LogP contribution >= 0.6 is 15.9 Å². The fraction of sp³-hybridized carbons (Fsp3) is 0.538. The Morgan fingerprint density at radius 2 is 1.79 bits per heavy atom. The molecule has 1 N–H and O–H groups in total. The molecule has 1 aromatic carbocycles. The molecule has 1 rings (SSSR count). The monoisotopic (exact) mass is 333 g/mol. The summed E-state index contributed by atoms with van der Waals surface area (Å²) in [6, 6.07) is 3.92. The van der Waals surface area contributed by atoms with Gasteiger partial charge in [0.05, 0.1) is 18.7 Å². The Morgan fingerprint density at radius 1 is 1.11 bits per heavy atom. The van der Waals surface area contributed by atoms with Crippen molar-refractivity contribution < 1.29 is 18.9 Å². The zero-order chi connectivity index (χ0) is 14.3. The van der Waals surface area contributed by atoms with Crippen molar-refractivity contribution in [2.75, 3.05) is 35.0 Å². The molecule has 0 amide bonds. The van der Waals surface area contributed by atoms with E-state index in [9.17, 15) is 0 Å². The van der Waals surface area contributed by atoms with E-state index >= 15 is 0 Å². The zero-order valence-corrected chi connectivity index (χ0v) is 13.2. The molecule has 0 saturated carbocycles. The summed E-state index contributed by atoms with van der Waals surface area (Å²) in [5.74, 6) is 1.39. The van der Waals surface area contributed by atoms with Gasteiger partial charge in [-0.15, -0.1) is 0 Å². The number of ether oxygens (including phenoxy) is 4. The number of hydrogen-bond donors (Lipinski definition) is 1. The molecule has 0 aliphatic carbocycles. The molecule has 0 fully saturated rings. The van der Waals surface area contributed by atoms with Crippen LogP contribution in [0.3, 0.4) is 0 Å². The molecule has 19 heavy (non-hydrogen) atoms. The summed E-state index contributed by atoms with van der Waals surface area (Å²) >= 11 is 3.46. The highest BCUT2D eigenvalue weighted by atomic mass is 79.9. The lowest BCUT2D eigenvalue weighted by atomic mass is 10.2. The standard InChI is InChI=1S/C13H20BrNO4/c1-16-11-6-9(5-10(14)13(11)19-4)7-15-8-12(17-2)18-3/h5-6,12,15H,7-8H2,1-4H3. The second-order valence-electron chi connectivity index (χ2n) is 3.85. The van der Waals surface area contributed by atoms with Crippen molar-refractivity contribution in [1.29, 1.82) is 0 Å². The molecule has 0 aliphatic rings. The van der Waals surface area contributed by atoms with E-state index in [1.54, 1.807) is 28.4 Å². The number of rotatable bonds is 8. The number of benzene rings is 1. The maximum Gasteiger partial charge on any atom is 0.174 e. The highest BCUT2D eigenvalue weighted by Crippen LogP contribution is 2.36. The summed E-state index contributed by atoms with van der Waals surface area (Å²) in [7, 11) is 6.46. The molecule has 0 radical (unpaired) electrons. The molecule has 0 unspecified atom stereocenters. The first kappa shape index (κ1) is 16.2. The van der Waals surface area contributed by atoms with Gasteiger partial charge >= 0.3 is 0 Å². The van der Waals surface area contributed by atoms with Crippen LogP contribution in [0, 0.1) is 0 Å². The van der Waals surface area contributed by atoms with Crippen molar-refractivity contribution in [1.82, 2.24) is 5.32 Å². The third-order valence-electron chi connectivity index (χ3n) is 2.66. The highest BCUT2D eigenvalue weighted by molar-refractivity contribution is 9.10. The van der Waals surface area contributed by atoms with Crippen LogP contribution in [0.5, 0.6) is 11.5 Å². The normalized spacial score (nSPS) is 10.8. The molecule has 0 aromatic heterocycles. The Labute approximate surface area is 122 Å². The van der Waals surface area contributed by atoms with E-state index in [4.69, 9.17) is 18.9 Å². The second kappa shape index (κ2) is 8.37. The van der Waals surface area contributed by atoms with Crippen LogP contribution in [0.25, 0.3) is 0 Å². The fourth-order valence-corrected chi connectivity index (χ4v) is 2.32. The number of halogens is 1. The second-order valence-corrected chi connectivity index (χ2v) is 4.70. The first-order valence-corrected chi connectivity index (χ1v) is 6.62. The average Bonchev–Trinajstić information content (AvgIpc) is 2.43. The third-order valence-corrected chi connectivity index (χ3v) is 3.25. The van der Waals surface area contributed by atoms with E-state index in [1.807, 2.05) is 12.1 Å². The zero-order valence-electron chi connectivity index (χ0n) is 11.7. The minimum atomic E-state index is -0.247. The molecule has 1 aromatic rings. The van der Waals surface area contributed by atoms with E-state index in [2.05, 4.69) is 21.2 Å². The first-order valence-electron chi connectivity index (χ1n) is 5.83. The van der Waals surface area contributed by atoms with Crippen LogP contribution in [0.1, 0.15) is 5.56 Å². The van der Waals surface area contributed by atoms with Crippen LogP contribution in [0.15, 0.2) is 16.6 Å². The topological polar surface area (TPSA) is 49.0 Å². The largest absolute Gasteiger partial charge is 0.493 e. The van der Waals surface area contributed by atoms with Gasteiger partial charge in [-0.25, -0.2) is 0 Å². The summed E-state index contributed by atoms with van der Waals surface area (Å²) in [6.07, 6.45) is -0.247. The average molecular weight is 334 g/mol. The minimum Gasteiger partial charge on any atom is -0.493 e. The Balaban J connectivity index is 2.66. The van der Waals surface area contributed by atoms with Gasteiger partial charge in [0.25, 0.3) is 0 Å². The van der Waals surface area contributed by atoms with Crippen molar-refractivity contribution in [3.05, 3.63) is 22.2 Å². The molecule has 0 saturated heterocycles. The van der Waals surface area contributed by atoms with E-state index in [1.165, 1.54) is 0 Å². The lowest BCUT2D eigenvalue weighted by Crippen LogP contribution is -2.29. The van der Waals surface area contributed by atoms with Gasteiger partial charge in [-0.2, -0.15) is 0 Å². The first-order chi connectivity index (χ1) is 9.15. The van der Waals surface area contributed by atoms with E-state index < -0.39 is 0 Å². The third kappa shape index (κ3) is 4.65. The summed E-state index contributed by atoms with van der Waals surface area (Å²) in [5, 5.41) is 3.25. The molecule has 0 atom stereocenters. The van der Waals surface area contributed by atoms with Crippen LogP contribution in [-0.2, 0) is 16.0 Å². The van der Waals surface area contributed by atoms with E-state index in [0.717, 1.165) is 10.0 Å². The van der Waals surface area contributed by atoms with E-state index in [-0.39, 0.29) is 6.29 Å². The van der Waals surface area contributed by atoms with Crippen LogP contribution < -0.4 is 14.8 Å². The number of hydrogen-bond acceptors (Lipinski definition) is 5. The van der Waals surface area contributed by atoms with Gasteiger partial charge in [0, 0.05) is 27.3 Å². The van der Waals surface area contributed by atoms with Gasteiger partial charge in [-0.05, 0) is 33.6 Å². The van der Waals surface area contributed by atoms with Gasteiger partial charge in [0.2, 0.25) is 0 Å². The summed E-state index contributed by atoms with van der Waals surface area (Å²) in [4.78, 5) is 0. The Morgan fingerprint density at radius 3 is 2.32 bits per heavy atom. The molecule has 0 bridgehead atoms. The molecule has 0 aliphatic heterocycles. The van der Waals surface area contributed by atoms with Crippen LogP contribution in [-0.4, -0.2) is 41.3 Å². The van der Waals surface area contributed by atoms with Crippen molar-refractivity contribution in [2.45, 2.75) is 12.8 Å². The number of nitrogens with one attached hydrogen (secondary N) is 1. The summed E-state index contributed by atoms with van der Waals surface area (Å²) in [5.41, 5.74) is 1.08. The van der Waals surface area contributed by atoms with Gasteiger partial charge in [-0.1, -0.05) is 0 Å². The van der Waals surface area contributed by atoms with Gasteiger partial charge in [0.15, 0.2) is 17.8 Å². The molecule has 108 valence electrons. The molecule has 5 nitrogen and oxygen atoms in total. The lowest BCUT2D eigenvalue weighted by molar-refractivity contribution is -0.0989. The Hall–Kier alpha value is -0.820. The van der Waals surface area contributed by atoms with Crippen LogP contribution in [0.4, 0.5) is 0 Å². The van der Waals surface area contributed by atoms with E-state index in [0.29, 0.717) is 24.6 Å². The smallest absolute Gasteiger partial charge is 0.174 e. The highest BCUT2D eigenvalue weighted by Gasteiger charge is 2.11. The number of methoxy groups -OCH3 is 4. The molecule has 0 spiro atoms. The van der Waals surface area contributed by atoms with Gasteiger partial charge < -0.3 is 24.3 Å². The fourth-order valence-electron chi connectivity index (χ4n) is 1.67. The van der Waals surface area contributed by atoms with Crippen LogP contribution in [0.2, 0.25) is 0 Å². The summed E-state index contributed by atoms with van der Waals surface area (Å²) < 4.78 is 21.6. The van der Waals surface area contributed by atoms with Crippen molar-refractivity contribution in [2.24, 2.45) is 0 Å². The van der Waals surface area contributed by atoms with Gasteiger partial charge in [0.1, 0.15) is 0 Å². The lowest BCUT2D eigenvalue weighted by Gasteiger charge is -2.15. The van der Waals surface area contributed by atoms with Crippen molar-refractivity contribution >= 4 is 15.9 Å². The maximum atomic E-state index is 5.30. The van der Waals surface area contributed by atoms with Gasteiger partial charge in [-0.3, -0.25) is 0 Å². The van der Waals surface area contributed by atoms with Crippen molar-refractivity contribution in [3.8, 4) is 11.5 Å². The Kier molecular flexibility index (Phi) is 7.15. The SMILES string of the molecule is COc1cc(CNCC(OC)OC)cc(Br)c1OC. The molecular weight excluding hydrogens is 314 g/mol. The quantitative estimate of drug-likeness (QED) is 0.739. The maximum absolute atomic E-state index is 5.30.